The molecule has 0 spiro atoms. The topological polar surface area (TPSA) is 78.6 Å². The van der Waals surface area contributed by atoms with Gasteiger partial charge in [0.25, 0.3) is 11.6 Å². The summed E-state index contributed by atoms with van der Waals surface area (Å²) in [6, 6.07) is 9.05. The number of allylic oxidation sites excluding steroid dienone is 2. The second-order valence-corrected chi connectivity index (χ2v) is 8.37. The standard InChI is InChI=1S/C25H19N3O3/c29-15-10-17-18(11-15)24-23(16-8-4-5-9-21(16)28(24)31)19-12-26-20(22(17)19)13-27-25(30)14-6-2-1-3-7-14/h1-3,6-7,10,12H,4-5,8-9,11,13H2/p+1. The molecule has 0 bridgehead atoms. The minimum absolute atomic E-state index is 0.00319. The Bertz CT molecular complexity index is 1400. The molecule has 1 N–H and O–H groups in total. The summed E-state index contributed by atoms with van der Waals surface area (Å²) in [5.41, 5.74) is 6.58. The molecule has 31 heavy (non-hydrogen) atoms. The smallest absolute Gasteiger partial charge is 0.275 e. The normalized spacial score (nSPS) is 18.0. The molecule has 2 aliphatic heterocycles. The molecule has 1 amide bonds. The number of carbonyl (C=O) groups is 2. The molecule has 4 aliphatic rings. The first kappa shape index (κ1) is 18.1. The summed E-state index contributed by atoms with van der Waals surface area (Å²) in [6.45, 7) is 0.261. The van der Waals surface area contributed by atoms with Gasteiger partial charge in [0.05, 0.1) is 22.6 Å². The molecule has 2 aromatic carbocycles. The number of rotatable bonds is 3. The number of fused-ring (bicyclic) bond motifs is 7. The molecule has 6 rings (SSSR count). The predicted octanol–water partition coefficient (Wildman–Crippen LogP) is 2.27. The lowest BCUT2D eigenvalue weighted by atomic mass is 9.88. The highest BCUT2D eigenvalue weighted by Gasteiger charge is 2.45. The van der Waals surface area contributed by atoms with Crippen LogP contribution in [0.1, 0.15) is 52.7 Å². The Labute approximate surface area is 178 Å². The lowest BCUT2D eigenvalue weighted by Gasteiger charge is -2.09. The number of ketones is 1. The van der Waals surface area contributed by atoms with Crippen LogP contribution < -0.4 is 15.8 Å². The minimum Gasteiger partial charge on any atom is -0.346 e. The molecule has 2 aliphatic carbocycles. The Balaban J connectivity index is 1.50. The van der Waals surface area contributed by atoms with E-state index in [1.807, 2.05) is 18.2 Å². The molecule has 0 aromatic heterocycles. The molecule has 0 fully saturated rings. The second-order valence-electron chi connectivity index (χ2n) is 8.37. The summed E-state index contributed by atoms with van der Waals surface area (Å²) >= 11 is 0. The van der Waals surface area contributed by atoms with Crippen LogP contribution in [0.5, 0.6) is 0 Å². The van der Waals surface area contributed by atoms with Crippen molar-refractivity contribution in [2.24, 2.45) is 4.99 Å². The van der Waals surface area contributed by atoms with E-state index >= 15 is 0 Å². The Morgan fingerprint density at radius 1 is 1.13 bits per heavy atom. The van der Waals surface area contributed by atoms with Crippen molar-refractivity contribution in [1.82, 2.24) is 5.32 Å². The zero-order valence-corrected chi connectivity index (χ0v) is 16.9. The van der Waals surface area contributed by atoms with Crippen molar-refractivity contribution in [2.75, 3.05) is 6.54 Å². The number of hydrogen-bond donors (Lipinski definition) is 1. The van der Waals surface area contributed by atoms with E-state index < -0.39 is 0 Å². The van der Waals surface area contributed by atoms with E-state index in [0.29, 0.717) is 11.3 Å². The zero-order valence-electron chi connectivity index (χ0n) is 16.9. The monoisotopic (exact) mass is 410 g/mol. The third-order valence-corrected chi connectivity index (χ3v) is 6.59. The summed E-state index contributed by atoms with van der Waals surface area (Å²) in [4.78, 5) is 42.7. The van der Waals surface area contributed by atoms with Crippen LogP contribution in [0.4, 0.5) is 5.69 Å². The SMILES string of the molecule is O=C1C=c2c(c3c(c4c2=C(CNC(=O)c2ccccc2)N=C4)C2=C(CCCC2)[N+]3=O)C1. The third-order valence-electron chi connectivity index (χ3n) is 6.59. The van der Waals surface area contributed by atoms with Gasteiger partial charge in [0, 0.05) is 51.4 Å². The van der Waals surface area contributed by atoms with Crippen LogP contribution in [0.15, 0.2) is 41.0 Å². The number of carbonyl (C=O) groups excluding carboxylic acids is 2. The van der Waals surface area contributed by atoms with Crippen molar-refractivity contribution < 1.29 is 14.3 Å². The van der Waals surface area contributed by atoms with Crippen molar-refractivity contribution >= 4 is 40.9 Å². The van der Waals surface area contributed by atoms with Gasteiger partial charge in [-0.25, -0.2) is 0 Å². The van der Waals surface area contributed by atoms with Gasteiger partial charge in [-0.3, -0.25) is 14.6 Å². The number of nitrogens with one attached hydrogen (secondary N) is 1. The maximum atomic E-state index is 13.2. The lowest BCUT2D eigenvalue weighted by Crippen LogP contribution is -2.35. The Morgan fingerprint density at radius 3 is 2.77 bits per heavy atom. The van der Waals surface area contributed by atoms with Crippen LogP contribution in [-0.2, 0) is 11.2 Å². The molecule has 0 unspecified atom stereocenters. The fraction of sp³-hybridized carbons (Fsp3) is 0.240. The van der Waals surface area contributed by atoms with Gasteiger partial charge >= 0.3 is 0 Å². The van der Waals surface area contributed by atoms with Gasteiger partial charge in [0.15, 0.2) is 5.78 Å². The van der Waals surface area contributed by atoms with Crippen LogP contribution in [0.3, 0.4) is 0 Å². The molecular weight excluding hydrogens is 390 g/mol. The van der Waals surface area contributed by atoms with Gasteiger partial charge in [0.2, 0.25) is 5.70 Å². The van der Waals surface area contributed by atoms with Gasteiger partial charge < -0.3 is 5.32 Å². The molecule has 0 saturated carbocycles. The molecule has 6 heteroatoms. The average Bonchev–Trinajstić information content (AvgIpc) is 3.46. The summed E-state index contributed by atoms with van der Waals surface area (Å²) in [5.74, 6) is -0.166. The van der Waals surface area contributed by atoms with Gasteiger partial charge in [-0.15, -0.1) is 0 Å². The second kappa shape index (κ2) is 6.67. The molecule has 2 heterocycles. The van der Waals surface area contributed by atoms with Crippen molar-refractivity contribution in [1.29, 1.82) is 0 Å². The number of nitrogens with zero attached hydrogens (tertiary/aromatic N) is 2. The molecular formula is C25H20N3O3+. The zero-order chi connectivity index (χ0) is 21.1. The Kier molecular flexibility index (Phi) is 3.90. The van der Waals surface area contributed by atoms with Crippen LogP contribution in [0, 0.1) is 4.91 Å². The maximum Gasteiger partial charge on any atom is 0.275 e. The molecule has 0 radical (unpaired) electrons. The van der Waals surface area contributed by atoms with Gasteiger partial charge in [0.1, 0.15) is 0 Å². The third kappa shape index (κ3) is 2.61. The largest absolute Gasteiger partial charge is 0.346 e. The molecule has 152 valence electrons. The number of nitroso groups, excluding NO2 is 1. The van der Waals surface area contributed by atoms with Gasteiger partial charge in [-0.05, 0) is 42.7 Å². The molecule has 0 saturated heterocycles. The summed E-state index contributed by atoms with van der Waals surface area (Å²) in [5, 5.41) is 4.63. The fourth-order valence-corrected chi connectivity index (χ4v) is 5.24. The number of aliphatic imine (C=N–C) groups is 1. The average molecular weight is 410 g/mol. The van der Waals surface area contributed by atoms with E-state index in [2.05, 4.69) is 10.3 Å². The van der Waals surface area contributed by atoms with E-state index in [1.165, 1.54) is 0 Å². The Morgan fingerprint density at radius 2 is 1.94 bits per heavy atom. The van der Waals surface area contributed by atoms with Crippen LogP contribution in [-0.4, -0.2) is 29.2 Å². The predicted molar refractivity (Wildman–Crippen MR) is 117 cm³/mol. The van der Waals surface area contributed by atoms with Crippen molar-refractivity contribution in [3.8, 4) is 0 Å². The maximum absolute atomic E-state index is 13.2. The molecule has 6 nitrogen and oxygen atoms in total. The van der Waals surface area contributed by atoms with Gasteiger partial charge in [-0.1, -0.05) is 18.2 Å². The fourth-order valence-electron chi connectivity index (χ4n) is 5.24. The molecule has 2 aromatic rings. The van der Waals surface area contributed by atoms with Crippen molar-refractivity contribution in [3.05, 3.63) is 73.6 Å². The number of benzene rings is 2. The summed E-state index contributed by atoms with van der Waals surface area (Å²) < 4.78 is 1.07. The van der Waals surface area contributed by atoms with E-state index in [1.54, 1.807) is 24.4 Å². The number of amides is 1. The van der Waals surface area contributed by atoms with E-state index in [0.717, 1.165) is 74.5 Å². The van der Waals surface area contributed by atoms with Crippen molar-refractivity contribution in [3.63, 3.8) is 0 Å². The van der Waals surface area contributed by atoms with Crippen LogP contribution in [0.2, 0.25) is 0 Å². The quantitative estimate of drug-likeness (QED) is 0.789. The highest BCUT2D eigenvalue weighted by atomic mass is 16.3. The summed E-state index contributed by atoms with van der Waals surface area (Å²) in [6.07, 6.45) is 7.39. The first-order valence-electron chi connectivity index (χ1n) is 10.7. The van der Waals surface area contributed by atoms with Crippen molar-refractivity contribution in [2.45, 2.75) is 32.1 Å². The molecule has 0 atom stereocenters. The highest BCUT2D eigenvalue weighted by molar-refractivity contribution is 6.12. The highest BCUT2D eigenvalue weighted by Crippen LogP contribution is 2.47. The van der Waals surface area contributed by atoms with Crippen LogP contribution in [0.25, 0.3) is 17.3 Å². The van der Waals surface area contributed by atoms with E-state index in [4.69, 9.17) is 0 Å². The van der Waals surface area contributed by atoms with Gasteiger partial charge in [-0.2, -0.15) is 0 Å². The Hall–Kier alpha value is -3.67. The first-order valence-corrected chi connectivity index (χ1v) is 10.7. The minimum atomic E-state index is -0.169. The van der Waals surface area contributed by atoms with E-state index in [9.17, 15) is 14.5 Å². The number of Topliss-reactive ketones (excluding diaryl/α,β-unsaturated/α-hetero) is 1. The van der Waals surface area contributed by atoms with E-state index in [-0.39, 0.29) is 24.7 Å². The lowest BCUT2D eigenvalue weighted by molar-refractivity contribution is -0.406. The first-order chi connectivity index (χ1) is 15.1. The summed E-state index contributed by atoms with van der Waals surface area (Å²) in [7, 11) is 0. The number of hydrogen-bond acceptors (Lipinski definition) is 4. The van der Waals surface area contributed by atoms with Crippen LogP contribution >= 0.6 is 0 Å².